The predicted molar refractivity (Wildman–Crippen MR) is 106 cm³/mol. The van der Waals surface area contributed by atoms with Crippen LogP contribution in [0, 0.1) is 0 Å². The Hall–Kier alpha value is -2.80. The van der Waals surface area contributed by atoms with Crippen molar-refractivity contribution in [1.29, 1.82) is 0 Å². The number of nitrogens with zero attached hydrogens (tertiary/aromatic N) is 1. The van der Waals surface area contributed by atoms with E-state index in [0.29, 0.717) is 11.4 Å². The van der Waals surface area contributed by atoms with Crippen molar-refractivity contribution in [3.8, 4) is 5.75 Å². The molecular weight excluding hydrogens is 364 g/mol. The van der Waals surface area contributed by atoms with Crippen LogP contribution in [0.15, 0.2) is 60.0 Å². The van der Waals surface area contributed by atoms with Gasteiger partial charge in [-0.15, -0.1) is 0 Å². The topological polar surface area (TPSA) is 75.7 Å². The first kappa shape index (κ1) is 19.0. The molecule has 1 saturated carbocycles. The number of hydrogen-bond acceptors (Lipinski definition) is 4. The number of hydrogen-bond donors (Lipinski definition) is 1. The average molecular weight is 386 g/mol. The summed E-state index contributed by atoms with van der Waals surface area (Å²) in [4.78, 5) is 12.3. The van der Waals surface area contributed by atoms with E-state index in [1.807, 2.05) is 30.3 Å². The molecule has 1 aliphatic rings. The Kier molecular flexibility index (Phi) is 5.81. The van der Waals surface area contributed by atoms with Crippen LogP contribution in [0.1, 0.15) is 18.4 Å². The maximum Gasteiger partial charge on any atom is 0.257 e. The predicted octanol–water partition coefficient (Wildman–Crippen LogP) is 2.78. The molecule has 0 spiro atoms. The zero-order chi connectivity index (χ0) is 19.3. The number of amides is 1. The molecular formula is C20H22N2O4S. The number of anilines is 1. The molecule has 0 saturated heterocycles. The van der Waals surface area contributed by atoms with Gasteiger partial charge in [-0.05, 0) is 48.7 Å². The quantitative estimate of drug-likeness (QED) is 0.757. The maximum absolute atomic E-state index is 12.9. The maximum atomic E-state index is 12.9. The van der Waals surface area contributed by atoms with Crippen LogP contribution >= 0.6 is 0 Å². The van der Waals surface area contributed by atoms with Gasteiger partial charge in [0.15, 0.2) is 0 Å². The second-order valence-electron chi connectivity index (χ2n) is 6.30. The van der Waals surface area contributed by atoms with Gasteiger partial charge in [0.05, 0.1) is 18.2 Å². The Balaban J connectivity index is 1.86. The van der Waals surface area contributed by atoms with Crippen LogP contribution in [0.5, 0.6) is 5.75 Å². The normalized spacial score (nSPS) is 14.1. The van der Waals surface area contributed by atoms with E-state index in [1.54, 1.807) is 24.3 Å². The molecule has 0 aliphatic heterocycles. The summed E-state index contributed by atoms with van der Waals surface area (Å²) < 4.78 is 32.1. The lowest BCUT2D eigenvalue weighted by atomic mass is 10.2. The highest BCUT2D eigenvalue weighted by atomic mass is 32.2. The molecule has 6 nitrogen and oxygen atoms in total. The van der Waals surface area contributed by atoms with E-state index in [-0.39, 0.29) is 18.5 Å². The van der Waals surface area contributed by atoms with Crippen LogP contribution in [0.4, 0.5) is 5.69 Å². The third-order valence-electron chi connectivity index (χ3n) is 4.13. The summed E-state index contributed by atoms with van der Waals surface area (Å²) in [6.07, 6.45) is 3.40. The Morgan fingerprint density at radius 1 is 1.15 bits per heavy atom. The molecule has 0 bridgehead atoms. The first-order valence-electron chi connectivity index (χ1n) is 8.67. The fourth-order valence-corrected chi connectivity index (χ4v) is 3.70. The number of sulfonamides is 1. The van der Waals surface area contributed by atoms with E-state index in [0.717, 1.165) is 28.1 Å². The third-order valence-corrected chi connectivity index (χ3v) is 5.56. The van der Waals surface area contributed by atoms with Gasteiger partial charge in [-0.1, -0.05) is 30.3 Å². The van der Waals surface area contributed by atoms with Crippen molar-refractivity contribution in [3.05, 3.63) is 65.6 Å². The highest BCUT2D eigenvalue weighted by Gasteiger charge is 2.27. The molecule has 7 heteroatoms. The van der Waals surface area contributed by atoms with Crippen LogP contribution in [0.25, 0.3) is 6.08 Å². The van der Waals surface area contributed by atoms with Crippen LogP contribution in [-0.4, -0.2) is 34.0 Å². The first-order valence-corrected chi connectivity index (χ1v) is 10.2. The number of rotatable bonds is 8. The van der Waals surface area contributed by atoms with Gasteiger partial charge in [0.1, 0.15) is 12.3 Å². The van der Waals surface area contributed by atoms with Crippen molar-refractivity contribution >= 4 is 27.7 Å². The molecule has 1 fully saturated rings. The van der Waals surface area contributed by atoms with E-state index in [4.69, 9.17) is 4.74 Å². The minimum absolute atomic E-state index is 0.165. The van der Waals surface area contributed by atoms with Gasteiger partial charge >= 0.3 is 0 Å². The highest BCUT2D eigenvalue weighted by molar-refractivity contribution is 7.95. The molecule has 0 atom stereocenters. The molecule has 1 N–H and O–H groups in total. The lowest BCUT2D eigenvalue weighted by Gasteiger charge is -2.22. The Bertz CT molecular complexity index is 905. The molecule has 27 heavy (non-hydrogen) atoms. The molecule has 2 aromatic carbocycles. The van der Waals surface area contributed by atoms with Gasteiger partial charge in [-0.2, -0.15) is 0 Å². The molecule has 142 valence electrons. The van der Waals surface area contributed by atoms with Gasteiger partial charge in [0, 0.05) is 6.04 Å². The smallest absolute Gasteiger partial charge is 0.257 e. The van der Waals surface area contributed by atoms with Gasteiger partial charge < -0.3 is 10.1 Å². The summed E-state index contributed by atoms with van der Waals surface area (Å²) in [5.74, 6) is 0.295. The minimum Gasteiger partial charge on any atom is -0.497 e. The van der Waals surface area contributed by atoms with E-state index in [2.05, 4.69) is 5.32 Å². The van der Waals surface area contributed by atoms with E-state index >= 15 is 0 Å². The average Bonchev–Trinajstić information content (AvgIpc) is 3.49. The fraction of sp³-hybridized carbons (Fsp3) is 0.250. The molecule has 0 unspecified atom stereocenters. The Morgan fingerprint density at radius 3 is 2.41 bits per heavy atom. The van der Waals surface area contributed by atoms with E-state index < -0.39 is 10.0 Å². The standard InChI is InChI=1S/C20H22N2O4S/c1-26-19-11-9-18(10-12-19)22(15-20(23)21-17-7-8-17)27(24,25)14-13-16-5-3-2-4-6-16/h2-6,9-14,17H,7-8,15H2,1H3,(H,21,23)/b14-13+. The van der Waals surface area contributed by atoms with Crippen molar-refractivity contribution in [2.45, 2.75) is 18.9 Å². The van der Waals surface area contributed by atoms with Crippen molar-refractivity contribution in [1.82, 2.24) is 5.32 Å². The zero-order valence-corrected chi connectivity index (χ0v) is 15.9. The number of methoxy groups -OCH3 is 1. The van der Waals surface area contributed by atoms with Crippen molar-refractivity contribution < 1.29 is 17.9 Å². The third kappa shape index (κ3) is 5.34. The monoisotopic (exact) mass is 386 g/mol. The molecule has 3 rings (SSSR count). The van der Waals surface area contributed by atoms with Gasteiger partial charge in [-0.3, -0.25) is 9.10 Å². The van der Waals surface area contributed by atoms with Gasteiger partial charge in [0.25, 0.3) is 10.0 Å². The molecule has 0 heterocycles. The first-order chi connectivity index (χ1) is 13.0. The lowest BCUT2D eigenvalue weighted by Crippen LogP contribution is -2.40. The second-order valence-corrected chi connectivity index (χ2v) is 8.05. The summed E-state index contributed by atoms with van der Waals surface area (Å²) in [7, 11) is -2.32. The fourth-order valence-electron chi connectivity index (χ4n) is 2.51. The summed E-state index contributed by atoms with van der Waals surface area (Å²) in [6.45, 7) is -0.274. The number of nitrogens with one attached hydrogen (secondary N) is 1. The minimum atomic E-state index is -3.85. The second kappa shape index (κ2) is 8.26. The molecule has 2 aromatic rings. The van der Waals surface area contributed by atoms with E-state index in [9.17, 15) is 13.2 Å². The summed E-state index contributed by atoms with van der Waals surface area (Å²) >= 11 is 0. The number of benzene rings is 2. The number of carbonyl (C=O) groups excluding carboxylic acids is 1. The largest absolute Gasteiger partial charge is 0.497 e. The van der Waals surface area contributed by atoms with E-state index in [1.165, 1.54) is 13.2 Å². The van der Waals surface area contributed by atoms with Crippen molar-refractivity contribution in [2.75, 3.05) is 18.0 Å². The molecule has 0 aromatic heterocycles. The number of ether oxygens (including phenoxy) is 1. The summed E-state index contributed by atoms with van der Waals surface area (Å²) in [5.41, 5.74) is 1.16. The Labute approximate surface area is 159 Å². The SMILES string of the molecule is COc1ccc(N(CC(=O)NC2CC2)S(=O)(=O)/C=C/c2ccccc2)cc1. The summed E-state index contributed by atoms with van der Waals surface area (Å²) in [6, 6.07) is 15.9. The molecule has 0 radical (unpaired) electrons. The van der Waals surface area contributed by atoms with Gasteiger partial charge in [0.2, 0.25) is 5.91 Å². The van der Waals surface area contributed by atoms with Crippen molar-refractivity contribution in [2.24, 2.45) is 0 Å². The van der Waals surface area contributed by atoms with Crippen LogP contribution in [0.2, 0.25) is 0 Å². The number of carbonyl (C=O) groups is 1. The highest BCUT2D eigenvalue weighted by Crippen LogP contribution is 2.24. The zero-order valence-electron chi connectivity index (χ0n) is 15.0. The lowest BCUT2D eigenvalue weighted by molar-refractivity contribution is -0.119. The van der Waals surface area contributed by atoms with Crippen LogP contribution < -0.4 is 14.4 Å². The van der Waals surface area contributed by atoms with Crippen LogP contribution in [-0.2, 0) is 14.8 Å². The summed E-state index contributed by atoms with van der Waals surface area (Å²) in [5, 5.41) is 3.95. The van der Waals surface area contributed by atoms with Crippen LogP contribution in [0.3, 0.4) is 0 Å². The Morgan fingerprint density at radius 2 is 1.81 bits per heavy atom. The molecule has 1 aliphatic carbocycles. The van der Waals surface area contributed by atoms with Crippen molar-refractivity contribution in [3.63, 3.8) is 0 Å². The van der Waals surface area contributed by atoms with Gasteiger partial charge in [-0.25, -0.2) is 8.42 Å². The molecule has 1 amide bonds.